The molecule has 2 rings (SSSR count). The first-order valence-corrected chi connectivity index (χ1v) is 6.95. The zero-order valence-electron chi connectivity index (χ0n) is 10.6. The van der Waals surface area contributed by atoms with Crippen LogP contribution < -0.4 is 0 Å². The van der Waals surface area contributed by atoms with Crippen LogP contribution in [0.4, 0.5) is 0 Å². The van der Waals surface area contributed by atoms with Gasteiger partial charge in [0.2, 0.25) is 0 Å². The van der Waals surface area contributed by atoms with Crippen molar-refractivity contribution in [3.8, 4) is 0 Å². The molecule has 0 bridgehead atoms. The molecule has 1 aliphatic heterocycles. The van der Waals surface area contributed by atoms with Crippen LogP contribution in [0, 0.1) is 0 Å². The lowest BCUT2D eigenvalue weighted by molar-refractivity contribution is -0.00343. The minimum atomic E-state index is -0.0634. The molecule has 1 heterocycles. The highest BCUT2D eigenvalue weighted by Gasteiger charge is 2.30. The second kappa shape index (κ2) is 5.99. The first-order chi connectivity index (χ1) is 7.81. The van der Waals surface area contributed by atoms with Crippen molar-refractivity contribution in [2.24, 2.45) is 0 Å². The standard InChI is InChI=1S/C13H26N2O/c1-2-7-14-8-10-15(11-9-14)12-5-3-4-6-13(12)16/h12-13,16H,2-11H2,1H3/t12-,13-/m1/s1. The molecule has 94 valence electrons. The quantitative estimate of drug-likeness (QED) is 0.786. The Balaban J connectivity index is 1.79. The average molecular weight is 226 g/mol. The highest BCUT2D eigenvalue weighted by atomic mass is 16.3. The smallest absolute Gasteiger partial charge is 0.0695 e. The van der Waals surface area contributed by atoms with Gasteiger partial charge in [0.1, 0.15) is 0 Å². The molecule has 1 saturated heterocycles. The van der Waals surface area contributed by atoms with Crippen LogP contribution in [-0.2, 0) is 0 Å². The first-order valence-electron chi connectivity index (χ1n) is 6.95. The van der Waals surface area contributed by atoms with Gasteiger partial charge in [-0.15, -0.1) is 0 Å². The van der Waals surface area contributed by atoms with Gasteiger partial charge in [0.15, 0.2) is 0 Å². The van der Waals surface area contributed by atoms with Gasteiger partial charge in [0.05, 0.1) is 6.10 Å². The molecule has 0 unspecified atom stereocenters. The van der Waals surface area contributed by atoms with E-state index in [-0.39, 0.29) is 6.10 Å². The first kappa shape index (κ1) is 12.3. The summed E-state index contributed by atoms with van der Waals surface area (Å²) in [6.07, 6.45) is 5.93. The topological polar surface area (TPSA) is 26.7 Å². The van der Waals surface area contributed by atoms with E-state index in [1.807, 2.05) is 0 Å². The maximum Gasteiger partial charge on any atom is 0.0695 e. The van der Waals surface area contributed by atoms with Gasteiger partial charge >= 0.3 is 0 Å². The maximum atomic E-state index is 10.0. The lowest BCUT2D eigenvalue weighted by atomic mass is 9.91. The Morgan fingerprint density at radius 2 is 1.75 bits per heavy atom. The Morgan fingerprint density at radius 3 is 2.38 bits per heavy atom. The highest BCUT2D eigenvalue weighted by Crippen LogP contribution is 2.24. The van der Waals surface area contributed by atoms with Crippen LogP contribution in [0.15, 0.2) is 0 Å². The summed E-state index contributed by atoms with van der Waals surface area (Å²) < 4.78 is 0. The molecule has 3 nitrogen and oxygen atoms in total. The van der Waals surface area contributed by atoms with Crippen LogP contribution in [0.1, 0.15) is 39.0 Å². The summed E-state index contributed by atoms with van der Waals surface area (Å²) in [5.41, 5.74) is 0. The molecule has 2 fully saturated rings. The van der Waals surface area contributed by atoms with Gasteiger partial charge in [-0.05, 0) is 25.8 Å². The number of nitrogens with zero attached hydrogens (tertiary/aromatic N) is 2. The van der Waals surface area contributed by atoms with Gasteiger partial charge in [-0.1, -0.05) is 19.8 Å². The second-order valence-corrected chi connectivity index (χ2v) is 5.30. The minimum Gasteiger partial charge on any atom is -0.391 e. The minimum absolute atomic E-state index is 0.0634. The van der Waals surface area contributed by atoms with Gasteiger partial charge in [-0.3, -0.25) is 4.90 Å². The third-order valence-corrected chi connectivity index (χ3v) is 4.11. The molecule has 1 N–H and O–H groups in total. The van der Waals surface area contributed by atoms with Gasteiger partial charge < -0.3 is 10.0 Å². The van der Waals surface area contributed by atoms with E-state index in [9.17, 15) is 5.11 Å². The molecule has 0 radical (unpaired) electrons. The largest absolute Gasteiger partial charge is 0.391 e. The van der Waals surface area contributed by atoms with Crippen molar-refractivity contribution in [1.82, 2.24) is 9.80 Å². The van der Waals surface area contributed by atoms with Crippen molar-refractivity contribution >= 4 is 0 Å². The van der Waals surface area contributed by atoms with E-state index in [4.69, 9.17) is 0 Å². The van der Waals surface area contributed by atoms with Crippen LogP contribution in [0.3, 0.4) is 0 Å². The van der Waals surface area contributed by atoms with Gasteiger partial charge in [-0.25, -0.2) is 0 Å². The monoisotopic (exact) mass is 226 g/mol. The third-order valence-electron chi connectivity index (χ3n) is 4.11. The van der Waals surface area contributed by atoms with E-state index in [0.29, 0.717) is 6.04 Å². The fraction of sp³-hybridized carbons (Fsp3) is 1.00. The third kappa shape index (κ3) is 2.96. The summed E-state index contributed by atoms with van der Waals surface area (Å²) in [5, 5.41) is 10.0. The fourth-order valence-electron chi connectivity index (χ4n) is 3.15. The molecule has 0 aromatic heterocycles. The number of aliphatic hydroxyl groups excluding tert-OH is 1. The molecular weight excluding hydrogens is 200 g/mol. The van der Waals surface area contributed by atoms with E-state index in [2.05, 4.69) is 16.7 Å². The molecule has 1 aliphatic carbocycles. The molecule has 16 heavy (non-hydrogen) atoms. The van der Waals surface area contributed by atoms with Crippen molar-refractivity contribution < 1.29 is 5.11 Å². The Kier molecular flexibility index (Phi) is 4.62. The van der Waals surface area contributed by atoms with Gasteiger partial charge in [-0.2, -0.15) is 0 Å². The van der Waals surface area contributed by atoms with E-state index in [1.54, 1.807) is 0 Å². The fourth-order valence-corrected chi connectivity index (χ4v) is 3.15. The van der Waals surface area contributed by atoms with E-state index in [0.717, 1.165) is 19.5 Å². The SMILES string of the molecule is CCCN1CCN([C@@H]2CCCC[C@H]2O)CC1. The summed E-state index contributed by atoms with van der Waals surface area (Å²) in [6.45, 7) is 8.18. The number of hydrogen-bond acceptors (Lipinski definition) is 3. The van der Waals surface area contributed by atoms with E-state index >= 15 is 0 Å². The zero-order valence-corrected chi connectivity index (χ0v) is 10.6. The summed E-state index contributed by atoms with van der Waals surface area (Å²) in [4.78, 5) is 5.07. The molecule has 0 spiro atoms. The van der Waals surface area contributed by atoms with Crippen LogP contribution in [-0.4, -0.2) is 59.8 Å². The molecule has 0 aromatic carbocycles. The average Bonchev–Trinajstić information content (AvgIpc) is 2.31. The summed E-state index contributed by atoms with van der Waals surface area (Å²) in [7, 11) is 0. The number of piperazine rings is 1. The van der Waals surface area contributed by atoms with Crippen molar-refractivity contribution in [2.75, 3.05) is 32.7 Å². The second-order valence-electron chi connectivity index (χ2n) is 5.30. The molecule has 0 amide bonds. The molecular formula is C13H26N2O. The highest BCUT2D eigenvalue weighted by molar-refractivity contribution is 4.86. The summed E-state index contributed by atoms with van der Waals surface area (Å²) in [5.74, 6) is 0. The molecule has 2 atom stereocenters. The Morgan fingerprint density at radius 1 is 1.06 bits per heavy atom. The van der Waals surface area contributed by atoms with Crippen LogP contribution in [0.2, 0.25) is 0 Å². The van der Waals surface area contributed by atoms with Crippen molar-refractivity contribution in [3.05, 3.63) is 0 Å². The summed E-state index contributed by atoms with van der Waals surface area (Å²) >= 11 is 0. The lowest BCUT2D eigenvalue weighted by Gasteiger charge is -2.42. The van der Waals surface area contributed by atoms with Crippen LogP contribution in [0.5, 0.6) is 0 Å². The maximum absolute atomic E-state index is 10.0. The van der Waals surface area contributed by atoms with Crippen molar-refractivity contribution in [1.29, 1.82) is 0 Å². The van der Waals surface area contributed by atoms with E-state index in [1.165, 1.54) is 45.3 Å². The van der Waals surface area contributed by atoms with Gasteiger partial charge in [0, 0.05) is 32.2 Å². The predicted molar refractivity (Wildman–Crippen MR) is 66.6 cm³/mol. The predicted octanol–water partition coefficient (Wildman–Crippen LogP) is 1.32. The van der Waals surface area contributed by atoms with Gasteiger partial charge in [0.25, 0.3) is 0 Å². The van der Waals surface area contributed by atoms with E-state index < -0.39 is 0 Å². The molecule has 3 heteroatoms. The zero-order chi connectivity index (χ0) is 11.4. The van der Waals surface area contributed by atoms with Crippen molar-refractivity contribution in [2.45, 2.75) is 51.2 Å². The molecule has 1 saturated carbocycles. The van der Waals surface area contributed by atoms with Crippen LogP contribution in [0.25, 0.3) is 0 Å². The number of rotatable bonds is 3. The van der Waals surface area contributed by atoms with Crippen LogP contribution >= 0.6 is 0 Å². The van der Waals surface area contributed by atoms with Crippen molar-refractivity contribution in [3.63, 3.8) is 0 Å². The Labute approximate surface area is 99.4 Å². The Bertz CT molecular complexity index is 202. The molecule has 0 aromatic rings. The number of hydrogen-bond donors (Lipinski definition) is 1. The Hall–Kier alpha value is -0.120. The number of aliphatic hydroxyl groups is 1. The normalized spacial score (nSPS) is 34.1. The molecule has 2 aliphatic rings. The lowest BCUT2D eigenvalue weighted by Crippen LogP contribution is -2.54. The summed E-state index contributed by atoms with van der Waals surface area (Å²) in [6, 6.07) is 0.456.